The first-order valence-electron chi connectivity index (χ1n) is 9.45. The van der Waals surface area contributed by atoms with E-state index in [0.717, 1.165) is 16.7 Å². The Morgan fingerprint density at radius 1 is 1.07 bits per heavy atom. The molecule has 2 heterocycles. The summed E-state index contributed by atoms with van der Waals surface area (Å²) in [6.07, 6.45) is 3.13. The highest BCUT2D eigenvalue weighted by Gasteiger charge is 2.59. The number of para-hydroxylation sites is 1. The van der Waals surface area contributed by atoms with Crippen LogP contribution in [0.25, 0.3) is 0 Å². The largest absolute Gasteiger partial charge is 0.286 e. The number of rotatable bonds is 2. The van der Waals surface area contributed by atoms with Crippen LogP contribution in [0.2, 0.25) is 0 Å². The van der Waals surface area contributed by atoms with Gasteiger partial charge in [-0.25, -0.2) is 5.01 Å². The van der Waals surface area contributed by atoms with Gasteiger partial charge in [0.15, 0.2) is 0 Å². The summed E-state index contributed by atoms with van der Waals surface area (Å²) >= 11 is 0. The van der Waals surface area contributed by atoms with Gasteiger partial charge in [-0.3, -0.25) is 9.59 Å². The molecule has 0 aliphatic carbocycles. The van der Waals surface area contributed by atoms with Crippen LogP contribution in [0, 0.1) is 6.92 Å². The molecule has 4 rings (SSSR count). The standard InChI is InChI=1S/C23H22N4O2/c1-15(2)12-21(28)27-23(20-11-10-16(3)13-18(20)14-24-27)17(4)25-26(22(23)29)19-8-6-5-7-9-19/h5-14H,1-4H3. The van der Waals surface area contributed by atoms with Crippen LogP contribution in [0.15, 0.2) is 70.4 Å². The third-order valence-electron chi connectivity index (χ3n) is 5.12. The maximum Gasteiger partial charge on any atom is 0.286 e. The third-order valence-corrected chi connectivity index (χ3v) is 5.12. The van der Waals surface area contributed by atoms with Crippen molar-refractivity contribution in [2.75, 3.05) is 5.01 Å². The molecular weight excluding hydrogens is 364 g/mol. The Labute approximate surface area is 169 Å². The van der Waals surface area contributed by atoms with E-state index in [9.17, 15) is 9.59 Å². The fourth-order valence-electron chi connectivity index (χ4n) is 3.84. The normalized spacial score (nSPS) is 20.0. The van der Waals surface area contributed by atoms with E-state index in [1.807, 2.05) is 69.3 Å². The lowest BCUT2D eigenvalue weighted by Crippen LogP contribution is -2.58. The minimum atomic E-state index is -1.41. The molecule has 1 spiro atoms. The molecule has 0 saturated heterocycles. The van der Waals surface area contributed by atoms with Gasteiger partial charge in [0.25, 0.3) is 11.8 Å². The molecule has 2 aromatic rings. The Hall–Kier alpha value is -3.54. The van der Waals surface area contributed by atoms with Gasteiger partial charge in [0.05, 0.1) is 17.6 Å². The molecule has 0 radical (unpaired) electrons. The van der Waals surface area contributed by atoms with Crippen LogP contribution in [-0.2, 0) is 15.1 Å². The second kappa shape index (κ2) is 6.81. The Kier molecular flexibility index (Phi) is 4.42. The number of carbonyl (C=O) groups is 2. The van der Waals surface area contributed by atoms with E-state index in [4.69, 9.17) is 0 Å². The van der Waals surface area contributed by atoms with E-state index in [-0.39, 0.29) is 11.8 Å². The van der Waals surface area contributed by atoms with Crippen molar-refractivity contribution in [3.05, 3.63) is 76.9 Å². The van der Waals surface area contributed by atoms with Gasteiger partial charge in [-0.2, -0.15) is 15.2 Å². The molecule has 146 valence electrons. The zero-order valence-corrected chi connectivity index (χ0v) is 16.9. The fourth-order valence-corrected chi connectivity index (χ4v) is 3.84. The minimum Gasteiger partial charge on any atom is -0.269 e. The van der Waals surface area contributed by atoms with Crippen molar-refractivity contribution in [3.63, 3.8) is 0 Å². The van der Waals surface area contributed by atoms with Gasteiger partial charge in [0.1, 0.15) is 0 Å². The first kappa shape index (κ1) is 18.8. The number of aryl methyl sites for hydroxylation is 1. The lowest BCUT2D eigenvalue weighted by Gasteiger charge is -2.39. The highest BCUT2D eigenvalue weighted by Crippen LogP contribution is 2.42. The van der Waals surface area contributed by atoms with E-state index in [1.165, 1.54) is 16.1 Å². The molecule has 0 aromatic heterocycles. The monoisotopic (exact) mass is 386 g/mol. The number of benzene rings is 2. The van der Waals surface area contributed by atoms with Crippen LogP contribution in [0.5, 0.6) is 0 Å². The molecule has 0 N–H and O–H groups in total. The third kappa shape index (κ3) is 2.79. The van der Waals surface area contributed by atoms with Crippen molar-refractivity contribution in [1.29, 1.82) is 0 Å². The van der Waals surface area contributed by atoms with Gasteiger partial charge in [0.2, 0.25) is 5.54 Å². The molecule has 29 heavy (non-hydrogen) atoms. The SMILES string of the molecule is CC(C)=CC(=O)N1N=Cc2cc(C)ccc2C12C(=O)N(c1ccccc1)N=C2C. The van der Waals surface area contributed by atoms with Crippen LogP contribution in [0.3, 0.4) is 0 Å². The van der Waals surface area contributed by atoms with Gasteiger partial charge < -0.3 is 0 Å². The molecule has 1 unspecified atom stereocenters. The van der Waals surface area contributed by atoms with Crippen LogP contribution < -0.4 is 5.01 Å². The summed E-state index contributed by atoms with van der Waals surface area (Å²) in [5.74, 6) is -0.677. The van der Waals surface area contributed by atoms with Crippen LogP contribution in [0.1, 0.15) is 37.5 Å². The van der Waals surface area contributed by atoms with E-state index in [0.29, 0.717) is 17.0 Å². The maximum atomic E-state index is 13.9. The number of hydrazone groups is 2. The maximum absolute atomic E-state index is 13.9. The van der Waals surface area contributed by atoms with Crippen molar-refractivity contribution < 1.29 is 9.59 Å². The zero-order chi connectivity index (χ0) is 20.8. The molecule has 1 atom stereocenters. The lowest BCUT2D eigenvalue weighted by atomic mass is 9.80. The number of anilines is 1. The molecule has 0 saturated carbocycles. The Balaban J connectivity index is 1.95. The molecule has 2 amide bonds. The summed E-state index contributed by atoms with van der Waals surface area (Å²) in [6, 6.07) is 15.0. The number of amides is 2. The van der Waals surface area contributed by atoms with Gasteiger partial charge in [0, 0.05) is 17.2 Å². The predicted octanol–water partition coefficient (Wildman–Crippen LogP) is 3.76. The first-order chi connectivity index (χ1) is 13.9. The summed E-state index contributed by atoms with van der Waals surface area (Å²) in [4.78, 5) is 27.0. The van der Waals surface area contributed by atoms with Crippen molar-refractivity contribution in [1.82, 2.24) is 5.01 Å². The highest BCUT2D eigenvalue weighted by atomic mass is 16.2. The molecule has 0 bridgehead atoms. The van der Waals surface area contributed by atoms with Gasteiger partial charge >= 0.3 is 0 Å². The second-order valence-electron chi connectivity index (χ2n) is 7.56. The van der Waals surface area contributed by atoms with Crippen LogP contribution in [0.4, 0.5) is 5.69 Å². The molecule has 6 heteroatoms. The van der Waals surface area contributed by atoms with Crippen LogP contribution >= 0.6 is 0 Å². The van der Waals surface area contributed by atoms with E-state index in [2.05, 4.69) is 10.2 Å². The minimum absolute atomic E-state index is 0.321. The number of allylic oxidation sites excluding steroid dienone is 1. The fraction of sp³-hybridized carbons (Fsp3) is 0.217. The number of hydrogen-bond acceptors (Lipinski definition) is 4. The molecule has 2 aliphatic rings. The van der Waals surface area contributed by atoms with E-state index in [1.54, 1.807) is 13.1 Å². The van der Waals surface area contributed by atoms with Crippen LogP contribution in [-0.4, -0.2) is 28.7 Å². The average Bonchev–Trinajstić information content (AvgIpc) is 2.94. The quantitative estimate of drug-likeness (QED) is 0.738. The summed E-state index contributed by atoms with van der Waals surface area (Å²) in [5.41, 5.74) is 3.14. The summed E-state index contributed by atoms with van der Waals surface area (Å²) in [5, 5.41) is 11.6. The molecular formula is C23H22N4O2. The van der Waals surface area contributed by atoms with Crippen molar-refractivity contribution in [3.8, 4) is 0 Å². The Morgan fingerprint density at radius 2 is 1.79 bits per heavy atom. The molecule has 0 fully saturated rings. The number of nitrogens with zero attached hydrogens (tertiary/aromatic N) is 4. The van der Waals surface area contributed by atoms with Gasteiger partial charge in [-0.15, -0.1) is 0 Å². The summed E-state index contributed by atoms with van der Waals surface area (Å²) in [7, 11) is 0. The first-order valence-corrected chi connectivity index (χ1v) is 9.45. The molecule has 2 aliphatic heterocycles. The summed E-state index contributed by atoms with van der Waals surface area (Å²) in [6.45, 7) is 7.43. The van der Waals surface area contributed by atoms with Crippen molar-refractivity contribution in [2.45, 2.75) is 33.2 Å². The smallest absolute Gasteiger partial charge is 0.269 e. The topological polar surface area (TPSA) is 65.3 Å². The van der Waals surface area contributed by atoms with Gasteiger partial charge in [-0.05, 0) is 39.8 Å². The number of hydrogen-bond donors (Lipinski definition) is 0. The van der Waals surface area contributed by atoms with E-state index >= 15 is 0 Å². The molecule has 6 nitrogen and oxygen atoms in total. The number of fused-ring (bicyclic) bond motifs is 2. The van der Waals surface area contributed by atoms with E-state index < -0.39 is 5.54 Å². The second-order valence-corrected chi connectivity index (χ2v) is 7.56. The Morgan fingerprint density at radius 3 is 2.48 bits per heavy atom. The van der Waals surface area contributed by atoms with Gasteiger partial charge in [-0.1, -0.05) is 47.5 Å². The Bertz CT molecular complexity index is 1100. The molecule has 2 aromatic carbocycles. The average molecular weight is 386 g/mol. The predicted molar refractivity (Wildman–Crippen MR) is 114 cm³/mol. The summed E-state index contributed by atoms with van der Waals surface area (Å²) < 4.78 is 0. The number of carbonyl (C=O) groups excluding carboxylic acids is 2. The van der Waals surface area contributed by atoms with Crippen molar-refractivity contribution in [2.24, 2.45) is 10.2 Å². The highest BCUT2D eigenvalue weighted by molar-refractivity contribution is 6.25. The van der Waals surface area contributed by atoms with Crippen molar-refractivity contribution >= 4 is 29.4 Å². The zero-order valence-electron chi connectivity index (χ0n) is 16.9. The lowest BCUT2D eigenvalue weighted by molar-refractivity contribution is -0.139.